The van der Waals surface area contributed by atoms with Crippen LogP contribution in [0.2, 0.25) is 0 Å². The summed E-state index contributed by atoms with van der Waals surface area (Å²) in [5, 5.41) is 20.4. The highest BCUT2D eigenvalue weighted by Gasteiger charge is 2.19. The summed E-state index contributed by atoms with van der Waals surface area (Å²) in [7, 11) is 1.39. The fourth-order valence-corrected chi connectivity index (χ4v) is 1.48. The minimum Gasteiger partial charge on any atom is -0.496 e. The minimum atomic E-state index is -1.10. The number of hydrogen-bond acceptors (Lipinski definition) is 5. The molecule has 6 nitrogen and oxygen atoms in total. The zero-order valence-corrected chi connectivity index (χ0v) is 9.54. The second kappa shape index (κ2) is 5.40. The van der Waals surface area contributed by atoms with Gasteiger partial charge >= 0.3 is 0 Å². The summed E-state index contributed by atoms with van der Waals surface area (Å²) in [6.07, 6.45) is -1.19. The van der Waals surface area contributed by atoms with Crippen molar-refractivity contribution >= 4 is 11.5 Å². The summed E-state index contributed by atoms with van der Waals surface area (Å²) < 4.78 is 4.99. The number of aliphatic hydroxyl groups excluding tert-OH is 1. The van der Waals surface area contributed by atoms with Gasteiger partial charge in [-0.25, -0.2) is 0 Å². The van der Waals surface area contributed by atoms with Crippen LogP contribution in [0.1, 0.15) is 25.0 Å². The summed E-state index contributed by atoms with van der Waals surface area (Å²) in [5.41, 5.74) is 0.0975. The lowest BCUT2D eigenvalue weighted by molar-refractivity contribution is -0.385. The summed E-state index contributed by atoms with van der Waals surface area (Å²) in [5.74, 6) is 0.121. The van der Waals surface area contributed by atoms with Crippen molar-refractivity contribution in [1.29, 1.82) is 0 Å². The topological polar surface area (TPSA) is 89.7 Å². The third-order valence-corrected chi connectivity index (χ3v) is 2.26. The standard InChI is InChI=1S/C11H13NO5/c1-7(13)5-10(14)9-6-8(12(15)16)3-4-11(9)17-2/h3-4,6,10,14H,5H2,1-2H3/t10-/m0/s1. The molecule has 0 aliphatic heterocycles. The molecule has 0 aliphatic carbocycles. The van der Waals surface area contributed by atoms with E-state index < -0.39 is 11.0 Å². The van der Waals surface area contributed by atoms with Crippen molar-refractivity contribution in [3.63, 3.8) is 0 Å². The number of benzene rings is 1. The number of ether oxygens (including phenoxy) is 1. The number of Topliss-reactive ketones (excluding diaryl/α,β-unsaturated/α-hetero) is 1. The third-order valence-electron chi connectivity index (χ3n) is 2.26. The van der Waals surface area contributed by atoms with Crippen LogP contribution in [0.25, 0.3) is 0 Å². The summed E-state index contributed by atoms with van der Waals surface area (Å²) in [6, 6.07) is 3.89. The quantitative estimate of drug-likeness (QED) is 0.622. The Morgan fingerprint density at radius 3 is 2.71 bits per heavy atom. The number of aliphatic hydroxyl groups is 1. The second-order valence-electron chi connectivity index (χ2n) is 3.61. The number of ketones is 1. The van der Waals surface area contributed by atoms with Gasteiger partial charge in [-0.15, -0.1) is 0 Å². The van der Waals surface area contributed by atoms with Gasteiger partial charge in [-0.1, -0.05) is 0 Å². The molecule has 0 radical (unpaired) electrons. The molecule has 1 N–H and O–H groups in total. The predicted octanol–water partition coefficient (Wildman–Crippen LogP) is 1.62. The molecule has 0 heterocycles. The zero-order chi connectivity index (χ0) is 13.0. The van der Waals surface area contributed by atoms with Crippen molar-refractivity contribution in [3.05, 3.63) is 33.9 Å². The van der Waals surface area contributed by atoms with Crippen molar-refractivity contribution in [1.82, 2.24) is 0 Å². The molecule has 0 saturated carbocycles. The maximum absolute atomic E-state index is 10.9. The molecule has 0 bridgehead atoms. The van der Waals surface area contributed by atoms with Crippen molar-refractivity contribution in [3.8, 4) is 5.75 Å². The molecule has 1 atom stereocenters. The maximum atomic E-state index is 10.9. The molecular weight excluding hydrogens is 226 g/mol. The van der Waals surface area contributed by atoms with Gasteiger partial charge in [0.25, 0.3) is 5.69 Å². The Kier molecular flexibility index (Phi) is 4.17. The van der Waals surface area contributed by atoms with E-state index in [0.29, 0.717) is 5.75 Å². The van der Waals surface area contributed by atoms with Crippen molar-refractivity contribution in [2.75, 3.05) is 7.11 Å². The molecule has 1 rings (SSSR count). The van der Waals surface area contributed by atoms with Crippen LogP contribution in [-0.4, -0.2) is 22.9 Å². The maximum Gasteiger partial charge on any atom is 0.270 e. The van der Waals surface area contributed by atoms with Crippen LogP contribution < -0.4 is 4.74 Å². The average molecular weight is 239 g/mol. The average Bonchev–Trinajstić information content (AvgIpc) is 2.27. The molecule has 92 valence electrons. The molecular formula is C11H13NO5. The molecule has 0 amide bonds. The van der Waals surface area contributed by atoms with Gasteiger partial charge in [-0.2, -0.15) is 0 Å². The van der Waals surface area contributed by atoms with E-state index in [-0.39, 0.29) is 23.5 Å². The summed E-state index contributed by atoms with van der Waals surface area (Å²) in [4.78, 5) is 21.0. The van der Waals surface area contributed by atoms with Crippen LogP contribution in [0.4, 0.5) is 5.69 Å². The molecule has 1 aromatic rings. The number of methoxy groups -OCH3 is 1. The molecule has 0 aliphatic rings. The van der Waals surface area contributed by atoms with E-state index in [9.17, 15) is 20.0 Å². The van der Waals surface area contributed by atoms with Crippen molar-refractivity contribution in [2.45, 2.75) is 19.4 Å². The van der Waals surface area contributed by atoms with Crippen LogP contribution in [0, 0.1) is 10.1 Å². The predicted molar refractivity (Wildman–Crippen MR) is 59.9 cm³/mol. The second-order valence-corrected chi connectivity index (χ2v) is 3.61. The number of rotatable bonds is 5. The number of non-ortho nitro benzene ring substituents is 1. The van der Waals surface area contributed by atoms with Crippen LogP contribution in [0.5, 0.6) is 5.75 Å². The number of nitrogens with zero attached hydrogens (tertiary/aromatic N) is 1. The number of nitro groups is 1. The van der Waals surface area contributed by atoms with Gasteiger partial charge < -0.3 is 9.84 Å². The lowest BCUT2D eigenvalue weighted by atomic mass is 10.0. The monoisotopic (exact) mass is 239 g/mol. The Morgan fingerprint density at radius 1 is 1.59 bits per heavy atom. The van der Waals surface area contributed by atoms with E-state index in [2.05, 4.69) is 0 Å². The molecule has 0 aromatic heterocycles. The van der Waals surface area contributed by atoms with Gasteiger partial charge in [-0.3, -0.25) is 14.9 Å². The largest absolute Gasteiger partial charge is 0.496 e. The van der Waals surface area contributed by atoms with Crippen LogP contribution >= 0.6 is 0 Å². The van der Waals surface area contributed by atoms with Crippen LogP contribution in [0.15, 0.2) is 18.2 Å². The van der Waals surface area contributed by atoms with Crippen LogP contribution in [-0.2, 0) is 4.79 Å². The number of nitro benzene ring substituents is 1. The Labute approximate surface area is 98.0 Å². The minimum absolute atomic E-state index is 0.0997. The first-order valence-electron chi connectivity index (χ1n) is 4.95. The molecule has 6 heteroatoms. The smallest absolute Gasteiger partial charge is 0.270 e. The zero-order valence-electron chi connectivity index (χ0n) is 9.54. The lowest BCUT2D eigenvalue weighted by Crippen LogP contribution is -2.06. The van der Waals surface area contributed by atoms with Crippen molar-refractivity contribution in [2.24, 2.45) is 0 Å². The van der Waals surface area contributed by atoms with E-state index in [1.807, 2.05) is 0 Å². The highest BCUT2D eigenvalue weighted by molar-refractivity contribution is 5.76. The van der Waals surface area contributed by atoms with Crippen molar-refractivity contribution < 1.29 is 19.6 Å². The van der Waals surface area contributed by atoms with Gasteiger partial charge in [0.1, 0.15) is 11.5 Å². The number of hydrogen-bond donors (Lipinski definition) is 1. The van der Waals surface area contributed by atoms with E-state index in [1.54, 1.807) is 0 Å². The molecule has 0 unspecified atom stereocenters. The highest BCUT2D eigenvalue weighted by Crippen LogP contribution is 2.30. The molecule has 17 heavy (non-hydrogen) atoms. The van der Waals surface area contributed by atoms with E-state index >= 15 is 0 Å². The Balaban J connectivity index is 3.13. The van der Waals surface area contributed by atoms with E-state index in [0.717, 1.165) is 0 Å². The Hall–Kier alpha value is -1.95. The van der Waals surface area contributed by atoms with Gasteiger partial charge in [0.05, 0.1) is 18.1 Å². The molecule has 1 aromatic carbocycles. The SMILES string of the molecule is COc1ccc([N+](=O)[O-])cc1[C@@H](O)CC(C)=O. The van der Waals surface area contributed by atoms with Gasteiger partial charge in [0, 0.05) is 24.1 Å². The fraction of sp³-hybridized carbons (Fsp3) is 0.364. The third kappa shape index (κ3) is 3.25. The molecule has 0 saturated heterocycles. The molecule has 0 fully saturated rings. The number of carbonyl (C=O) groups is 1. The van der Waals surface area contributed by atoms with Crippen LogP contribution in [0.3, 0.4) is 0 Å². The first kappa shape index (κ1) is 13.1. The normalized spacial score (nSPS) is 11.9. The Morgan fingerprint density at radius 2 is 2.24 bits per heavy atom. The van der Waals surface area contributed by atoms with Gasteiger partial charge in [0.2, 0.25) is 0 Å². The summed E-state index contributed by atoms with van der Waals surface area (Å²) >= 11 is 0. The summed E-state index contributed by atoms with van der Waals surface area (Å²) in [6.45, 7) is 1.34. The Bertz CT molecular complexity index is 443. The fourth-order valence-electron chi connectivity index (χ4n) is 1.48. The van der Waals surface area contributed by atoms with Gasteiger partial charge in [-0.05, 0) is 13.0 Å². The highest BCUT2D eigenvalue weighted by atomic mass is 16.6. The molecule has 0 spiro atoms. The van der Waals surface area contributed by atoms with Gasteiger partial charge in [0.15, 0.2) is 0 Å². The van der Waals surface area contributed by atoms with E-state index in [1.165, 1.54) is 32.2 Å². The lowest BCUT2D eigenvalue weighted by Gasteiger charge is -2.13. The first-order chi connectivity index (χ1) is 7.95. The first-order valence-corrected chi connectivity index (χ1v) is 4.95. The van der Waals surface area contributed by atoms with E-state index in [4.69, 9.17) is 4.74 Å². The number of carbonyl (C=O) groups excluding carboxylic acids is 1.